The summed E-state index contributed by atoms with van der Waals surface area (Å²) in [7, 11) is 0. The van der Waals surface area contributed by atoms with Gasteiger partial charge in [-0.1, -0.05) is 11.3 Å². The van der Waals surface area contributed by atoms with Crippen LogP contribution in [0.2, 0.25) is 0 Å². The second kappa shape index (κ2) is 4.92. The Hall–Kier alpha value is -0.950. The van der Waals surface area contributed by atoms with Gasteiger partial charge < -0.3 is 16.0 Å². The smallest absolute Gasteiger partial charge is 0.317 e. The monoisotopic (exact) mass is 258 g/mol. The second-order valence-electron chi connectivity index (χ2n) is 3.49. The van der Waals surface area contributed by atoms with Crippen LogP contribution < -0.4 is 11.1 Å². The van der Waals surface area contributed by atoms with E-state index in [1.54, 1.807) is 11.8 Å². The fraction of sp³-hybridized carbons (Fsp3) is 0.556. The number of hydrogen-bond donors (Lipinski definition) is 2. The number of nitrogens with zero attached hydrogens (tertiary/aromatic N) is 2. The summed E-state index contributed by atoms with van der Waals surface area (Å²) >= 11 is 3.22. The van der Waals surface area contributed by atoms with Gasteiger partial charge in [-0.3, -0.25) is 0 Å². The molecule has 2 rings (SSSR count). The Morgan fingerprint density at radius 3 is 3.06 bits per heavy atom. The Morgan fingerprint density at radius 1 is 1.69 bits per heavy atom. The number of carbonyl (C=O) groups is 1. The van der Waals surface area contributed by atoms with Gasteiger partial charge in [0, 0.05) is 25.4 Å². The zero-order chi connectivity index (χ0) is 11.5. The summed E-state index contributed by atoms with van der Waals surface area (Å²) in [6, 6.07) is 0.0427. The summed E-state index contributed by atoms with van der Waals surface area (Å²) in [5, 5.41) is 3.39. The SMILES string of the molecule is Cc1nc(N)sc1SCCN1CCNC1=O. The van der Waals surface area contributed by atoms with Crippen LogP contribution in [0.5, 0.6) is 0 Å². The highest BCUT2D eigenvalue weighted by Crippen LogP contribution is 2.30. The van der Waals surface area contributed by atoms with Crippen molar-refractivity contribution in [3.05, 3.63) is 5.69 Å². The number of amides is 2. The number of aryl methyl sites for hydroxylation is 1. The number of hydrogen-bond acceptors (Lipinski definition) is 5. The summed E-state index contributed by atoms with van der Waals surface area (Å²) in [5.41, 5.74) is 6.60. The normalized spacial score (nSPS) is 15.6. The average Bonchev–Trinajstić information content (AvgIpc) is 2.75. The first-order valence-electron chi connectivity index (χ1n) is 5.05. The molecule has 1 aliphatic rings. The fourth-order valence-electron chi connectivity index (χ4n) is 1.51. The van der Waals surface area contributed by atoms with Crippen LogP contribution in [0.15, 0.2) is 4.21 Å². The Morgan fingerprint density at radius 2 is 2.50 bits per heavy atom. The van der Waals surface area contributed by atoms with Gasteiger partial charge in [0.05, 0.1) is 9.90 Å². The van der Waals surface area contributed by atoms with E-state index < -0.39 is 0 Å². The van der Waals surface area contributed by atoms with Crippen molar-refractivity contribution < 1.29 is 4.79 Å². The van der Waals surface area contributed by atoms with Gasteiger partial charge in [0.1, 0.15) is 0 Å². The van der Waals surface area contributed by atoms with Crippen LogP contribution >= 0.6 is 23.1 Å². The van der Waals surface area contributed by atoms with Crippen LogP contribution in [0.3, 0.4) is 0 Å². The lowest BCUT2D eigenvalue weighted by molar-refractivity contribution is 0.220. The molecule has 0 aliphatic carbocycles. The quantitative estimate of drug-likeness (QED) is 0.795. The lowest BCUT2D eigenvalue weighted by Crippen LogP contribution is -2.30. The molecule has 0 aromatic carbocycles. The summed E-state index contributed by atoms with van der Waals surface area (Å²) in [4.78, 5) is 17.2. The molecule has 0 saturated carbocycles. The third kappa shape index (κ3) is 2.59. The van der Waals surface area contributed by atoms with Gasteiger partial charge in [-0.05, 0) is 6.92 Å². The third-order valence-corrected chi connectivity index (χ3v) is 4.64. The number of nitrogens with two attached hydrogens (primary N) is 1. The van der Waals surface area contributed by atoms with Crippen molar-refractivity contribution in [2.45, 2.75) is 11.1 Å². The fourth-order valence-corrected chi connectivity index (χ4v) is 3.57. The predicted molar refractivity (Wildman–Crippen MR) is 67.0 cm³/mol. The Bertz CT molecular complexity index is 393. The lowest BCUT2D eigenvalue weighted by Gasteiger charge is -2.12. The number of rotatable bonds is 4. The molecule has 16 heavy (non-hydrogen) atoms. The summed E-state index contributed by atoms with van der Waals surface area (Å²) < 4.78 is 1.15. The second-order valence-corrected chi connectivity index (χ2v) is 5.89. The molecule has 1 aliphatic heterocycles. The molecule has 1 fully saturated rings. The minimum absolute atomic E-state index is 0.0427. The number of nitrogens with one attached hydrogen (secondary N) is 1. The summed E-state index contributed by atoms with van der Waals surface area (Å²) in [6.45, 7) is 4.30. The van der Waals surface area contributed by atoms with Crippen LogP contribution in [0.1, 0.15) is 5.69 Å². The molecule has 88 valence electrons. The minimum Gasteiger partial charge on any atom is -0.375 e. The number of urea groups is 1. The van der Waals surface area contributed by atoms with E-state index in [4.69, 9.17) is 5.73 Å². The highest BCUT2D eigenvalue weighted by atomic mass is 32.2. The maximum Gasteiger partial charge on any atom is 0.317 e. The van der Waals surface area contributed by atoms with Crippen molar-refractivity contribution in [1.29, 1.82) is 0 Å². The molecule has 0 spiro atoms. The van der Waals surface area contributed by atoms with Gasteiger partial charge in [0.25, 0.3) is 0 Å². The van der Waals surface area contributed by atoms with Crippen molar-refractivity contribution in [2.75, 3.05) is 31.1 Å². The van der Waals surface area contributed by atoms with Gasteiger partial charge >= 0.3 is 6.03 Å². The zero-order valence-electron chi connectivity index (χ0n) is 9.02. The summed E-state index contributed by atoms with van der Waals surface area (Å²) in [5.74, 6) is 0.885. The predicted octanol–water partition coefficient (Wildman–Crippen LogP) is 1.15. The first-order valence-corrected chi connectivity index (χ1v) is 6.85. The Kier molecular flexibility index (Phi) is 3.55. The van der Waals surface area contributed by atoms with E-state index in [2.05, 4.69) is 10.3 Å². The Balaban J connectivity index is 1.79. The molecule has 5 nitrogen and oxygen atoms in total. The zero-order valence-corrected chi connectivity index (χ0v) is 10.7. The highest BCUT2D eigenvalue weighted by molar-refractivity contribution is 8.01. The lowest BCUT2D eigenvalue weighted by atomic mass is 10.6. The first kappa shape index (κ1) is 11.5. The van der Waals surface area contributed by atoms with Crippen LogP contribution in [0.25, 0.3) is 0 Å². The number of thiazole rings is 1. The Labute approximate surface area is 102 Å². The number of anilines is 1. The molecular formula is C9H14N4OS2. The molecule has 1 aromatic rings. The van der Waals surface area contributed by atoms with Crippen molar-refractivity contribution in [3.8, 4) is 0 Å². The maximum absolute atomic E-state index is 11.3. The van der Waals surface area contributed by atoms with Crippen LogP contribution in [-0.4, -0.2) is 41.3 Å². The van der Waals surface area contributed by atoms with E-state index >= 15 is 0 Å². The van der Waals surface area contributed by atoms with E-state index in [-0.39, 0.29) is 6.03 Å². The average molecular weight is 258 g/mol. The molecule has 7 heteroatoms. The number of aromatic nitrogens is 1. The minimum atomic E-state index is 0.0427. The topological polar surface area (TPSA) is 71.2 Å². The molecule has 2 amide bonds. The molecule has 0 bridgehead atoms. The van der Waals surface area contributed by atoms with E-state index in [1.807, 2.05) is 11.8 Å². The van der Waals surface area contributed by atoms with Crippen LogP contribution in [0, 0.1) is 6.92 Å². The number of carbonyl (C=O) groups excluding carboxylic acids is 1. The van der Waals surface area contributed by atoms with E-state index in [0.717, 1.165) is 35.3 Å². The van der Waals surface area contributed by atoms with Crippen LogP contribution in [0.4, 0.5) is 9.93 Å². The van der Waals surface area contributed by atoms with E-state index in [0.29, 0.717) is 5.13 Å². The molecular weight excluding hydrogens is 244 g/mol. The van der Waals surface area contributed by atoms with Gasteiger partial charge in [-0.25, -0.2) is 9.78 Å². The van der Waals surface area contributed by atoms with Crippen molar-refractivity contribution in [2.24, 2.45) is 0 Å². The number of thioether (sulfide) groups is 1. The van der Waals surface area contributed by atoms with Gasteiger partial charge in [0.15, 0.2) is 5.13 Å². The highest BCUT2D eigenvalue weighted by Gasteiger charge is 2.18. The van der Waals surface area contributed by atoms with Gasteiger partial charge in [-0.15, -0.1) is 11.8 Å². The molecule has 3 N–H and O–H groups in total. The van der Waals surface area contributed by atoms with Crippen LogP contribution in [-0.2, 0) is 0 Å². The summed E-state index contributed by atoms with van der Waals surface area (Å²) in [6.07, 6.45) is 0. The largest absolute Gasteiger partial charge is 0.375 e. The van der Waals surface area contributed by atoms with E-state index in [1.165, 1.54) is 11.3 Å². The van der Waals surface area contributed by atoms with Gasteiger partial charge in [-0.2, -0.15) is 0 Å². The maximum atomic E-state index is 11.3. The molecule has 1 aromatic heterocycles. The molecule has 0 unspecified atom stereocenters. The van der Waals surface area contributed by atoms with Crippen molar-refractivity contribution in [3.63, 3.8) is 0 Å². The number of nitrogen functional groups attached to an aromatic ring is 1. The molecule has 1 saturated heterocycles. The van der Waals surface area contributed by atoms with Crippen molar-refractivity contribution in [1.82, 2.24) is 15.2 Å². The van der Waals surface area contributed by atoms with E-state index in [9.17, 15) is 4.79 Å². The molecule has 0 atom stereocenters. The standard InChI is InChI=1S/C9H14N4OS2/c1-6-7(16-8(10)12-6)15-5-4-13-3-2-11-9(13)14/h2-5H2,1H3,(H2,10,12)(H,11,14). The van der Waals surface area contributed by atoms with Crippen molar-refractivity contribution >= 4 is 34.3 Å². The molecule has 2 heterocycles. The third-order valence-electron chi connectivity index (χ3n) is 2.31. The molecule has 0 radical (unpaired) electrons. The van der Waals surface area contributed by atoms with Gasteiger partial charge in [0.2, 0.25) is 0 Å². The first-order chi connectivity index (χ1) is 7.66.